The number of benzene rings is 2. The molecule has 3 heterocycles. The standard InChI is InChI=1S/C24H21N3O3/c1-14-11-15(2)23(28)18(12-14)20-19-21(26-25-20)24(29)27(13-17-9-6-10-30-17)22(19)16-7-4-3-5-8-16/h3-12,22,28H,13H2,1-2H3,(H,25,26). The number of hydrogen-bond donors (Lipinski definition) is 2. The fraction of sp³-hybridized carbons (Fsp3) is 0.167. The van der Waals surface area contributed by atoms with Crippen LogP contribution in [0, 0.1) is 13.8 Å². The summed E-state index contributed by atoms with van der Waals surface area (Å²) >= 11 is 0. The number of aryl methyl sites for hydroxylation is 2. The third-order valence-electron chi connectivity index (χ3n) is 5.59. The molecule has 2 N–H and O–H groups in total. The maximum Gasteiger partial charge on any atom is 0.273 e. The van der Waals surface area contributed by atoms with Crippen molar-refractivity contribution in [1.82, 2.24) is 15.1 Å². The van der Waals surface area contributed by atoms with Gasteiger partial charge in [0.25, 0.3) is 5.91 Å². The third-order valence-corrected chi connectivity index (χ3v) is 5.59. The van der Waals surface area contributed by atoms with E-state index in [1.165, 1.54) is 0 Å². The van der Waals surface area contributed by atoms with E-state index in [2.05, 4.69) is 10.2 Å². The van der Waals surface area contributed by atoms with Gasteiger partial charge in [-0.05, 0) is 48.7 Å². The van der Waals surface area contributed by atoms with Gasteiger partial charge in [-0.3, -0.25) is 9.89 Å². The van der Waals surface area contributed by atoms with Crippen molar-refractivity contribution in [2.24, 2.45) is 0 Å². The minimum Gasteiger partial charge on any atom is -0.507 e. The van der Waals surface area contributed by atoms with Crippen molar-refractivity contribution in [3.8, 4) is 17.0 Å². The predicted molar refractivity (Wildman–Crippen MR) is 112 cm³/mol. The van der Waals surface area contributed by atoms with Crippen LogP contribution in [0.3, 0.4) is 0 Å². The second-order valence-electron chi connectivity index (χ2n) is 7.66. The molecule has 0 saturated carbocycles. The molecule has 1 aliphatic rings. The first-order valence-electron chi connectivity index (χ1n) is 9.81. The van der Waals surface area contributed by atoms with Gasteiger partial charge in [0.05, 0.1) is 18.8 Å². The minimum absolute atomic E-state index is 0.141. The summed E-state index contributed by atoms with van der Waals surface area (Å²) in [6, 6.07) is 17.0. The molecule has 5 rings (SSSR count). The van der Waals surface area contributed by atoms with E-state index >= 15 is 0 Å². The van der Waals surface area contributed by atoms with Gasteiger partial charge in [0.1, 0.15) is 22.9 Å². The van der Waals surface area contributed by atoms with Crippen LogP contribution in [0.5, 0.6) is 5.75 Å². The van der Waals surface area contributed by atoms with Crippen LogP contribution in [0.1, 0.15) is 44.5 Å². The van der Waals surface area contributed by atoms with Crippen LogP contribution in [-0.4, -0.2) is 26.1 Å². The summed E-state index contributed by atoms with van der Waals surface area (Å²) in [4.78, 5) is 15.1. The van der Waals surface area contributed by atoms with Crippen molar-refractivity contribution in [3.63, 3.8) is 0 Å². The summed E-state index contributed by atoms with van der Waals surface area (Å²) in [5.41, 5.74) is 5.21. The van der Waals surface area contributed by atoms with Gasteiger partial charge in [-0.1, -0.05) is 36.4 Å². The maximum absolute atomic E-state index is 13.3. The molecule has 1 amide bonds. The molecule has 2 aromatic carbocycles. The Bertz CT molecular complexity index is 1230. The summed E-state index contributed by atoms with van der Waals surface area (Å²) < 4.78 is 5.51. The van der Waals surface area contributed by atoms with E-state index in [0.29, 0.717) is 29.3 Å². The Kier molecular flexibility index (Phi) is 4.20. The number of carbonyl (C=O) groups excluding carboxylic acids is 1. The van der Waals surface area contributed by atoms with Crippen LogP contribution in [-0.2, 0) is 6.54 Å². The van der Waals surface area contributed by atoms with Gasteiger partial charge in [0.2, 0.25) is 0 Å². The Morgan fingerprint density at radius 1 is 1.13 bits per heavy atom. The molecule has 0 radical (unpaired) electrons. The highest BCUT2D eigenvalue weighted by Crippen LogP contribution is 2.45. The number of nitrogens with zero attached hydrogens (tertiary/aromatic N) is 2. The van der Waals surface area contributed by atoms with E-state index in [9.17, 15) is 9.90 Å². The fourth-order valence-electron chi connectivity index (χ4n) is 4.26. The Morgan fingerprint density at radius 2 is 1.93 bits per heavy atom. The molecular formula is C24H21N3O3. The Morgan fingerprint density at radius 3 is 2.67 bits per heavy atom. The van der Waals surface area contributed by atoms with Crippen molar-refractivity contribution in [2.75, 3.05) is 0 Å². The second-order valence-corrected chi connectivity index (χ2v) is 7.66. The van der Waals surface area contributed by atoms with Gasteiger partial charge in [-0.2, -0.15) is 5.10 Å². The molecule has 150 valence electrons. The smallest absolute Gasteiger partial charge is 0.273 e. The maximum atomic E-state index is 13.3. The Balaban J connectivity index is 1.70. The number of furan rings is 1. The normalized spacial score (nSPS) is 15.6. The molecule has 6 nitrogen and oxygen atoms in total. The molecule has 1 unspecified atom stereocenters. The molecule has 0 saturated heterocycles. The lowest BCUT2D eigenvalue weighted by Crippen LogP contribution is -2.28. The predicted octanol–water partition coefficient (Wildman–Crippen LogP) is 4.74. The molecule has 0 spiro atoms. The number of nitrogens with one attached hydrogen (secondary N) is 1. The van der Waals surface area contributed by atoms with Gasteiger partial charge in [0.15, 0.2) is 0 Å². The first-order valence-corrected chi connectivity index (χ1v) is 9.81. The molecule has 2 aromatic heterocycles. The first-order chi connectivity index (χ1) is 14.5. The number of hydrogen-bond acceptors (Lipinski definition) is 4. The number of rotatable bonds is 4. The molecule has 0 fully saturated rings. The SMILES string of the molecule is Cc1cc(C)c(O)c(-c2n[nH]c3c2C(c2ccccc2)N(Cc2ccco2)C3=O)c1. The number of H-pyrrole nitrogens is 1. The summed E-state index contributed by atoms with van der Waals surface area (Å²) in [7, 11) is 0. The van der Waals surface area contributed by atoms with Crippen molar-refractivity contribution in [2.45, 2.75) is 26.4 Å². The van der Waals surface area contributed by atoms with Crippen LogP contribution in [0.4, 0.5) is 0 Å². The van der Waals surface area contributed by atoms with Crippen LogP contribution >= 0.6 is 0 Å². The lowest BCUT2D eigenvalue weighted by molar-refractivity contribution is 0.0717. The molecule has 30 heavy (non-hydrogen) atoms. The molecule has 1 atom stereocenters. The largest absolute Gasteiger partial charge is 0.507 e. The fourth-order valence-corrected chi connectivity index (χ4v) is 4.26. The van der Waals surface area contributed by atoms with Gasteiger partial charge >= 0.3 is 0 Å². The lowest BCUT2D eigenvalue weighted by Gasteiger charge is -2.25. The van der Waals surface area contributed by atoms with Crippen LogP contribution in [0.15, 0.2) is 65.3 Å². The lowest BCUT2D eigenvalue weighted by atomic mass is 9.94. The summed E-state index contributed by atoms with van der Waals surface area (Å²) in [5.74, 6) is 0.745. The number of amides is 1. The second kappa shape index (κ2) is 6.91. The molecule has 1 aliphatic heterocycles. The zero-order chi connectivity index (χ0) is 20.8. The van der Waals surface area contributed by atoms with Crippen molar-refractivity contribution >= 4 is 5.91 Å². The van der Waals surface area contributed by atoms with E-state index < -0.39 is 0 Å². The molecule has 0 bridgehead atoms. The van der Waals surface area contributed by atoms with E-state index in [4.69, 9.17) is 4.42 Å². The minimum atomic E-state index is -0.340. The zero-order valence-corrected chi connectivity index (χ0v) is 16.7. The number of carbonyl (C=O) groups is 1. The molecule has 4 aromatic rings. The first kappa shape index (κ1) is 18.2. The number of aromatic amines is 1. The van der Waals surface area contributed by atoms with E-state index in [0.717, 1.165) is 22.3 Å². The highest BCUT2D eigenvalue weighted by atomic mass is 16.3. The van der Waals surface area contributed by atoms with Crippen LogP contribution in [0.25, 0.3) is 11.3 Å². The zero-order valence-electron chi connectivity index (χ0n) is 16.7. The highest BCUT2D eigenvalue weighted by molar-refractivity contribution is 6.00. The van der Waals surface area contributed by atoms with Crippen LogP contribution < -0.4 is 0 Å². The number of phenolic OH excluding ortho intramolecular Hbond substituents is 1. The van der Waals surface area contributed by atoms with Gasteiger partial charge < -0.3 is 14.4 Å². The van der Waals surface area contributed by atoms with Crippen molar-refractivity contribution in [1.29, 1.82) is 0 Å². The summed E-state index contributed by atoms with van der Waals surface area (Å²) in [6.07, 6.45) is 1.60. The number of phenols is 1. The number of aromatic hydroxyl groups is 1. The average Bonchev–Trinajstić information content (AvgIpc) is 3.45. The van der Waals surface area contributed by atoms with Crippen LogP contribution in [0.2, 0.25) is 0 Å². The quantitative estimate of drug-likeness (QED) is 0.519. The summed E-state index contributed by atoms with van der Waals surface area (Å²) in [5, 5.41) is 18.1. The van der Waals surface area contributed by atoms with E-state index in [1.807, 2.05) is 68.4 Å². The monoisotopic (exact) mass is 399 g/mol. The summed E-state index contributed by atoms with van der Waals surface area (Å²) in [6.45, 7) is 4.18. The van der Waals surface area contributed by atoms with Gasteiger partial charge in [-0.25, -0.2) is 0 Å². The van der Waals surface area contributed by atoms with Gasteiger partial charge in [0, 0.05) is 11.1 Å². The van der Waals surface area contributed by atoms with E-state index in [1.54, 1.807) is 11.2 Å². The highest BCUT2D eigenvalue weighted by Gasteiger charge is 2.42. The van der Waals surface area contributed by atoms with Crippen molar-refractivity contribution < 1.29 is 14.3 Å². The Labute approximate surface area is 173 Å². The average molecular weight is 399 g/mol. The molecular weight excluding hydrogens is 378 g/mol. The topological polar surface area (TPSA) is 82.4 Å². The van der Waals surface area contributed by atoms with Gasteiger partial charge in [-0.15, -0.1) is 0 Å². The molecule has 0 aliphatic carbocycles. The number of aromatic nitrogens is 2. The van der Waals surface area contributed by atoms with E-state index in [-0.39, 0.29) is 17.7 Å². The van der Waals surface area contributed by atoms with Crippen molar-refractivity contribution in [3.05, 3.63) is 94.6 Å². The Hall–Kier alpha value is -3.80. The molecule has 6 heteroatoms. The third kappa shape index (κ3) is 2.80. The number of fused-ring (bicyclic) bond motifs is 1.